The predicted molar refractivity (Wildman–Crippen MR) is 123 cm³/mol. The minimum Gasteiger partial charge on any atom is -0.495 e. The summed E-state index contributed by atoms with van der Waals surface area (Å²) in [6, 6.07) is 11.0. The molecule has 0 spiro atoms. The van der Waals surface area contributed by atoms with Crippen molar-refractivity contribution in [1.29, 1.82) is 0 Å². The third-order valence-corrected chi connectivity index (χ3v) is 6.53. The third-order valence-electron chi connectivity index (χ3n) is 4.99. The smallest absolute Gasteiger partial charge is 0.247 e. The lowest BCUT2D eigenvalue weighted by molar-refractivity contribution is -0.116. The number of halogens is 1. The maximum atomic E-state index is 12.9. The van der Waals surface area contributed by atoms with Gasteiger partial charge in [0.1, 0.15) is 11.8 Å². The molecule has 1 heterocycles. The van der Waals surface area contributed by atoms with Gasteiger partial charge in [0.25, 0.3) is 0 Å². The molecule has 1 saturated heterocycles. The molecule has 1 amide bonds. The second-order valence-electron chi connectivity index (χ2n) is 7.19. The summed E-state index contributed by atoms with van der Waals surface area (Å²) in [5, 5.41) is 3.04. The minimum absolute atomic E-state index is 0.250. The first-order chi connectivity index (χ1) is 14.7. The molecule has 0 unspecified atom stereocenters. The summed E-state index contributed by atoms with van der Waals surface area (Å²) in [5.41, 5.74) is 1.90. The van der Waals surface area contributed by atoms with Crippen molar-refractivity contribution in [2.45, 2.75) is 13.0 Å². The molecule has 1 aliphatic rings. The van der Waals surface area contributed by atoms with Crippen LogP contribution in [0.1, 0.15) is 6.92 Å². The molecule has 1 atom stereocenters. The Morgan fingerprint density at radius 2 is 1.84 bits per heavy atom. The molecule has 0 aromatic heterocycles. The molecule has 8 nitrogen and oxygen atoms in total. The number of hydrogen-bond donors (Lipinski definition) is 1. The molecule has 2 aromatic carbocycles. The first kappa shape index (κ1) is 23.2. The topological polar surface area (TPSA) is 88.2 Å². The number of ether oxygens (including phenoxy) is 2. The number of methoxy groups -OCH3 is 1. The van der Waals surface area contributed by atoms with Crippen molar-refractivity contribution < 1.29 is 22.7 Å². The number of sulfonamides is 1. The van der Waals surface area contributed by atoms with Crippen LogP contribution < -0.4 is 19.3 Å². The molecule has 1 aliphatic heterocycles. The van der Waals surface area contributed by atoms with E-state index in [4.69, 9.17) is 21.1 Å². The number of morpholine rings is 1. The summed E-state index contributed by atoms with van der Waals surface area (Å²) in [6.45, 7) is 4.53. The van der Waals surface area contributed by atoms with Crippen molar-refractivity contribution in [3.63, 3.8) is 0 Å². The molecule has 2 aromatic rings. The van der Waals surface area contributed by atoms with Crippen molar-refractivity contribution in [3.8, 4) is 5.75 Å². The molecule has 10 heteroatoms. The molecule has 0 aliphatic carbocycles. The van der Waals surface area contributed by atoms with E-state index in [1.807, 2.05) is 12.1 Å². The maximum absolute atomic E-state index is 12.9. The SMILES string of the molecule is COc1ccc(N([C@H](C)C(=O)Nc2ccc(N3CCOCC3)cc2)S(C)(=O)=O)cc1Cl. The summed E-state index contributed by atoms with van der Waals surface area (Å²) >= 11 is 6.16. The number of nitrogens with one attached hydrogen (secondary N) is 1. The lowest BCUT2D eigenvalue weighted by Gasteiger charge is -2.29. The largest absolute Gasteiger partial charge is 0.495 e. The Labute approximate surface area is 187 Å². The molecule has 0 radical (unpaired) electrons. The van der Waals surface area contributed by atoms with Gasteiger partial charge < -0.3 is 19.7 Å². The second-order valence-corrected chi connectivity index (χ2v) is 9.46. The molecule has 3 rings (SSSR count). The summed E-state index contributed by atoms with van der Waals surface area (Å²) < 4.78 is 36.5. The van der Waals surface area contributed by atoms with Crippen LogP contribution in [0.2, 0.25) is 5.02 Å². The third kappa shape index (κ3) is 5.61. The van der Waals surface area contributed by atoms with Crippen LogP contribution in [0, 0.1) is 0 Å². The molecule has 31 heavy (non-hydrogen) atoms. The molecule has 1 fully saturated rings. The lowest BCUT2D eigenvalue weighted by Crippen LogP contribution is -2.45. The Morgan fingerprint density at radius 1 is 1.19 bits per heavy atom. The van der Waals surface area contributed by atoms with Crippen molar-refractivity contribution in [2.24, 2.45) is 0 Å². The summed E-state index contributed by atoms with van der Waals surface area (Å²) in [7, 11) is -2.29. The number of amides is 1. The van der Waals surface area contributed by atoms with Crippen LogP contribution in [0.15, 0.2) is 42.5 Å². The summed E-state index contributed by atoms with van der Waals surface area (Å²) in [5.74, 6) is -0.0483. The Balaban J connectivity index is 1.76. The van der Waals surface area contributed by atoms with Crippen molar-refractivity contribution in [3.05, 3.63) is 47.5 Å². The number of rotatable bonds is 7. The Kier molecular flexibility index (Phi) is 7.30. The lowest BCUT2D eigenvalue weighted by atomic mass is 10.2. The monoisotopic (exact) mass is 467 g/mol. The van der Waals surface area contributed by atoms with Gasteiger partial charge in [-0.25, -0.2) is 8.42 Å². The highest BCUT2D eigenvalue weighted by Crippen LogP contribution is 2.31. The Bertz CT molecular complexity index is 1020. The highest BCUT2D eigenvalue weighted by Gasteiger charge is 2.29. The van der Waals surface area contributed by atoms with Gasteiger partial charge in [0, 0.05) is 24.5 Å². The van der Waals surface area contributed by atoms with E-state index in [1.54, 1.807) is 24.3 Å². The number of hydrogen-bond acceptors (Lipinski definition) is 6. The molecule has 1 N–H and O–H groups in total. The predicted octanol–water partition coefficient (Wildman–Crippen LogP) is 2.98. The average Bonchev–Trinajstić information content (AvgIpc) is 2.74. The fraction of sp³-hybridized carbons (Fsp3) is 0.381. The molecule has 0 saturated carbocycles. The molecule has 168 valence electrons. The Hall–Kier alpha value is -2.49. The van der Waals surface area contributed by atoms with Crippen molar-refractivity contribution >= 4 is 44.6 Å². The van der Waals surface area contributed by atoms with Gasteiger partial charge in [-0.3, -0.25) is 9.10 Å². The number of carbonyl (C=O) groups is 1. The highest BCUT2D eigenvalue weighted by atomic mass is 35.5. The van der Waals surface area contributed by atoms with Gasteiger partial charge in [0.05, 0.1) is 37.3 Å². The van der Waals surface area contributed by atoms with Crippen molar-refractivity contribution in [1.82, 2.24) is 0 Å². The maximum Gasteiger partial charge on any atom is 0.247 e. The van der Waals surface area contributed by atoms with E-state index in [2.05, 4.69) is 10.2 Å². The van der Waals surface area contributed by atoms with Gasteiger partial charge in [-0.05, 0) is 49.4 Å². The van der Waals surface area contributed by atoms with Crippen LogP contribution in [-0.2, 0) is 19.6 Å². The van der Waals surface area contributed by atoms with Crippen LogP contribution >= 0.6 is 11.6 Å². The van der Waals surface area contributed by atoms with E-state index in [0.29, 0.717) is 24.7 Å². The molecular formula is C21H26ClN3O5S. The van der Waals surface area contributed by atoms with Crippen LogP contribution in [0.25, 0.3) is 0 Å². The number of nitrogens with zero attached hydrogens (tertiary/aromatic N) is 2. The zero-order valence-corrected chi connectivity index (χ0v) is 19.2. The van der Waals surface area contributed by atoms with Gasteiger partial charge in [0.2, 0.25) is 15.9 Å². The zero-order chi connectivity index (χ0) is 22.6. The van der Waals surface area contributed by atoms with E-state index in [9.17, 15) is 13.2 Å². The average molecular weight is 468 g/mol. The fourth-order valence-electron chi connectivity index (χ4n) is 3.43. The van der Waals surface area contributed by atoms with E-state index in [1.165, 1.54) is 20.1 Å². The van der Waals surface area contributed by atoms with Crippen LogP contribution in [0.4, 0.5) is 17.1 Å². The van der Waals surface area contributed by atoms with Gasteiger partial charge in [-0.1, -0.05) is 11.6 Å². The quantitative estimate of drug-likeness (QED) is 0.673. The van der Waals surface area contributed by atoms with E-state index < -0.39 is 22.0 Å². The zero-order valence-electron chi connectivity index (χ0n) is 17.7. The minimum atomic E-state index is -3.76. The van der Waals surface area contributed by atoms with Gasteiger partial charge in [-0.15, -0.1) is 0 Å². The Morgan fingerprint density at radius 3 is 2.39 bits per heavy atom. The second kappa shape index (κ2) is 9.76. The first-order valence-electron chi connectivity index (χ1n) is 9.77. The van der Waals surface area contributed by atoms with Gasteiger partial charge in [0.15, 0.2) is 0 Å². The van der Waals surface area contributed by atoms with E-state index >= 15 is 0 Å². The van der Waals surface area contributed by atoms with Crippen LogP contribution in [-0.4, -0.2) is 60.0 Å². The summed E-state index contributed by atoms with van der Waals surface area (Å²) in [6.07, 6.45) is 1.05. The number of anilines is 3. The van der Waals surface area contributed by atoms with Crippen LogP contribution in [0.5, 0.6) is 5.75 Å². The van der Waals surface area contributed by atoms with Gasteiger partial charge >= 0.3 is 0 Å². The van der Waals surface area contributed by atoms with E-state index in [-0.39, 0.29) is 10.7 Å². The summed E-state index contributed by atoms with van der Waals surface area (Å²) in [4.78, 5) is 15.1. The molecule has 0 bridgehead atoms. The fourth-order valence-corrected chi connectivity index (χ4v) is 4.84. The number of carbonyl (C=O) groups excluding carboxylic acids is 1. The highest BCUT2D eigenvalue weighted by molar-refractivity contribution is 7.92. The normalized spacial score (nSPS) is 15.3. The standard InChI is InChI=1S/C21H26ClN3O5S/c1-15(25(31(3,27)28)18-8-9-20(29-2)19(22)14-18)21(26)23-16-4-6-17(7-5-16)24-10-12-30-13-11-24/h4-9,14-15H,10-13H2,1-3H3,(H,23,26)/t15-/m1/s1. The number of benzene rings is 2. The van der Waals surface area contributed by atoms with Crippen molar-refractivity contribution in [2.75, 3.05) is 54.2 Å². The van der Waals surface area contributed by atoms with E-state index in [0.717, 1.165) is 29.3 Å². The first-order valence-corrected chi connectivity index (χ1v) is 12.0. The van der Waals surface area contributed by atoms with Gasteiger partial charge in [-0.2, -0.15) is 0 Å². The molecular weight excluding hydrogens is 442 g/mol. The van der Waals surface area contributed by atoms with Crippen LogP contribution in [0.3, 0.4) is 0 Å².